The molecule has 3 aromatic heterocycles. The summed E-state index contributed by atoms with van der Waals surface area (Å²) < 4.78 is 7.43. The molecule has 0 aromatic carbocycles. The van der Waals surface area contributed by atoms with Gasteiger partial charge in [0, 0.05) is 30.5 Å². The van der Waals surface area contributed by atoms with Gasteiger partial charge in [-0.3, -0.25) is 14.6 Å². The van der Waals surface area contributed by atoms with Crippen molar-refractivity contribution in [2.45, 2.75) is 39.3 Å². The zero-order chi connectivity index (χ0) is 17.4. The molecule has 7 nitrogen and oxygen atoms in total. The molecule has 130 valence electrons. The molecule has 0 spiro atoms. The lowest BCUT2D eigenvalue weighted by atomic mass is 10.0. The number of hydrogen-bond acceptors (Lipinski definition) is 6. The first-order valence-corrected chi connectivity index (χ1v) is 8.61. The van der Waals surface area contributed by atoms with Gasteiger partial charge >= 0.3 is 0 Å². The summed E-state index contributed by atoms with van der Waals surface area (Å²) in [6, 6.07) is 6.04. The third-order valence-electron chi connectivity index (χ3n) is 4.96. The zero-order valence-corrected chi connectivity index (χ0v) is 14.8. The van der Waals surface area contributed by atoms with Crippen molar-refractivity contribution in [1.29, 1.82) is 0 Å². The normalized spacial score (nSPS) is 18.1. The van der Waals surface area contributed by atoms with Gasteiger partial charge in [-0.2, -0.15) is 10.1 Å². The zero-order valence-electron chi connectivity index (χ0n) is 14.8. The fourth-order valence-corrected chi connectivity index (χ4v) is 3.71. The Kier molecular flexibility index (Phi) is 4.09. The van der Waals surface area contributed by atoms with Gasteiger partial charge in [-0.1, -0.05) is 11.2 Å². The van der Waals surface area contributed by atoms with E-state index in [1.165, 1.54) is 17.7 Å². The fraction of sp³-hybridized carbons (Fsp3) is 0.444. The van der Waals surface area contributed by atoms with Crippen LogP contribution in [-0.4, -0.2) is 36.3 Å². The van der Waals surface area contributed by atoms with Crippen molar-refractivity contribution < 1.29 is 4.52 Å². The summed E-state index contributed by atoms with van der Waals surface area (Å²) in [5.74, 6) is 1.17. The molecule has 1 fully saturated rings. The van der Waals surface area contributed by atoms with Gasteiger partial charge in [-0.15, -0.1) is 0 Å². The second kappa shape index (κ2) is 6.40. The molecular formula is C18H22N6O. The van der Waals surface area contributed by atoms with Crippen molar-refractivity contribution in [3.8, 4) is 11.5 Å². The molecule has 4 heterocycles. The van der Waals surface area contributed by atoms with E-state index in [4.69, 9.17) is 4.52 Å². The first-order chi connectivity index (χ1) is 12.1. The van der Waals surface area contributed by atoms with Gasteiger partial charge < -0.3 is 4.52 Å². The Labute approximate surface area is 146 Å². The lowest BCUT2D eigenvalue weighted by Gasteiger charge is -2.23. The number of pyridine rings is 1. The Morgan fingerprint density at radius 1 is 1.28 bits per heavy atom. The average molecular weight is 338 g/mol. The van der Waals surface area contributed by atoms with Crippen LogP contribution in [-0.2, 0) is 13.6 Å². The average Bonchev–Trinajstić information content (AvgIpc) is 3.31. The largest absolute Gasteiger partial charge is 0.337 e. The molecule has 7 heteroatoms. The van der Waals surface area contributed by atoms with E-state index in [1.54, 1.807) is 6.20 Å². The summed E-state index contributed by atoms with van der Waals surface area (Å²) in [7, 11) is 2.00. The molecule has 1 unspecified atom stereocenters. The van der Waals surface area contributed by atoms with Crippen LogP contribution in [0.4, 0.5) is 0 Å². The maximum Gasteiger partial charge on any atom is 0.241 e. The quantitative estimate of drug-likeness (QED) is 0.728. The van der Waals surface area contributed by atoms with Crippen LogP contribution in [0.2, 0.25) is 0 Å². The maximum absolute atomic E-state index is 5.47. The van der Waals surface area contributed by atoms with Gasteiger partial charge in [0.25, 0.3) is 0 Å². The first-order valence-electron chi connectivity index (χ1n) is 8.61. The number of rotatable bonds is 4. The van der Waals surface area contributed by atoms with Gasteiger partial charge in [0.2, 0.25) is 11.7 Å². The minimum Gasteiger partial charge on any atom is -0.337 e. The van der Waals surface area contributed by atoms with E-state index in [9.17, 15) is 0 Å². The highest BCUT2D eigenvalue weighted by Crippen LogP contribution is 2.36. The van der Waals surface area contributed by atoms with Crippen molar-refractivity contribution in [3.05, 3.63) is 47.2 Å². The highest BCUT2D eigenvalue weighted by molar-refractivity contribution is 5.47. The predicted molar refractivity (Wildman–Crippen MR) is 92.6 cm³/mol. The second-order valence-corrected chi connectivity index (χ2v) is 6.56. The van der Waals surface area contributed by atoms with E-state index in [1.807, 2.05) is 29.9 Å². The molecule has 3 aromatic rings. The third-order valence-corrected chi connectivity index (χ3v) is 4.96. The standard InChI is InChI=1S/C18H22N6O/c1-12-17(13(2)23(3)21-12)15-8-6-10-24(15)11-16-20-18(22-25-16)14-7-4-5-9-19-14/h4-5,7,9,15H,6,8,10-11H2,1-3H3. The summed E-state index contributed by atoms with van der Waals surface area (Å²) >= 11 is 0. The fourth-order valence-electron chi connectivity index (χ4n) is 3.71. The van der Waals surface area contributed by atoms with Gasteiger partial charge in [0.05, 0.1) is 12.2 Å². The molecule has 0 radical (unpaired) electrons. The van der Waals surface area contributed by atoms with E-state index in [2.05, 4.69) is 39.0 Å². The van der Waals surface area contributed by atoms with Crippen molar-refractivity contribution in [1.82, 2.24) is 29.8 Å². The lowest BCUT2D eigenvalue weighted by molar-refractivity contribution is 0.211. The van der Waals surface area contributed by atoms with Crippen LogP contribution in [0.5, 0.6) is 0 Å². The van der Waals surface area contributed by atoms with Crippen LogP contribution in [0.25, 0.3) is 11.5 Å². The molecule has 1 aliphatic rings. The van der Waals surface area contributed by atoms with E-state index >= 15 is 0 Å². The minimum atomic E-state index is 0.360. The van der Waals surface area contributed by atoms with Crippen molar-refractivity contribution in [2.75, 3.05) is 6.54 Å². The van der Waals surface area contributed by atoms with Gasteiger partial charge in [-0.25, -0.2) is 0 Å². The summed E-state index contributed by atoms with van der Waals surface area (Å²) in [5.41, 5.74) is 4.41. The predicted octanol–water partition coefficient (Wildman–Crippen LogP) is 2.82. The smallest absolute Gasteiger partial charge is 0.241 e. The van der Waals surface area contributed by atoms with Crippen LogP contribution in [0.1, 0.15) is 41.7 Å². The van der Waals surface area contributed by atoms with E-state index in [0.29, 0.717) is 24.3 Å². The molecule has 0 aliphatic carbocycles. The second-order valence-electron chi connectivity index (χ2n) is 6.56. The molecular weight excluding hydrogens is 316 g/mol. The molecule has 25 heavy (non-hydrogen) atoms. The number of aryl methyl sites for hydroxylation is 2. The highest BCUT2D eigenvalue weighted by Gasteiger charge is 2.31. The van der Waals surface area contributed by atoms with Crippen molar-refractivity contribution in [2.24, 2.45) is 7.05 Å². The monoisotopic (exact) mass is 338 g/mol. The molecule has 4 rings (SSSR count). The Bertz CT molecular complexity index is 869. The van der Waals surface area contributed by atoms with E-state index in [-0.39, 0.29) is 0 Å². The third kappa shape index (κ3) is 2.95. The van der Waals surface area contributed by atoms with Crippen LogP contribution in [0, 0.1) is 13.8 Å². The van der Waals surface area contributed by atoms with E-state index in [0.717, 1.165) is 24.4 Å². The van der Waals surface area contributed by atoms with Crippen molar-refractivity contribution >= 4 is 0 Å². The maximum atomic E-state index is 5.47. The van der Waals surface area contributed by atoms with Gasteiger partial charge in [0.1, 0.15) is 5.69 Å². The first kappa shape index (κ1) is 16.0. The number of nitrogens with zero attached hydrogens (tertiary/aromatic N) is 6. The molecule has 0 amide bonds. The number of likely N-dealkylation sites (tertiary alicyclic amines) is 1. The van der Waals surface area contributed by atoms with E-state index < -0.39 is 0 Å². The lowest BCUT2D eigenvalue weighted by Crippen LogP contribution is -2.23. The summed E-state index contributed by atoms with van der Waals surface area (Å²) in [4.78, 5) is 11.2. The van der Waals surface area contributed by atoms with Crippen LogP contribution in [0.3, 0.4) is 0 Å². The summed E-state index contributed by atoms with van der Waals surface area (Å²) in [5, 5.41) is 8.64. The Balaban J connectivity index is 1.55. The van der Waals surface area contributed by atoms with Gasteiger partial charge in [-0.05, 0) is 45.4 Å². The molecule has 1 aliphatic heterocycles. The van der Waals surface area contributed by atoms with Crippen LogP contribution >= 0.6 is 0 Å². The highest BCUT2D eigenvalue weighted by atomic mass is 16.5. The Morgan fingerprint density at radius 2 is 2.16 bits per heavy atom. The van der Waals surface area contributed by atoms with Crippen molar-refractivity contribution in [3.63, 3.8) is 0 Å². The number of aromatic nitrogens is 5. The van der Waals surface area contributed by atoms with Crippen LogP contribution < -0.4 is 0 Å². The minimum absolute atomic E-state index is 0.360. The molecule has 0 N–H and O–H groups in total. The number of hydrogen-bond donors (Lipinski definition) is 0. The summed E-state index contributed by atoms with van der Waals surface area (Å²) in [6.07, 6.45) is 4.03. The Hall–Kier alpha value is -2.54. The molecule has 0 bridgehead atoms. The summed E-state index contributed by atoms with van der Waals surface area (Å²) in [6.45, 7) is 5.90. The SMILES string of the molecule is Cc1nn(C)c(C)c1C1CCCN1Cc1nc(-c2ccccn2)no1. The molecule has 0 saturated carbocycles. The molecule has 1 saturated heterocycles. The Morgan fingerprint density at radius 3 is 2.88 bits per heavy atom. The van der Waals surface area contributed by atoms with Crippen LogP contribution in [0.15, 0.2) is 28.9 Å². The topological polar surface area (TPSA) is 72.9 Å². The van der Waals surface area contributed by atoms with Gasteiger partial charge in [0.15, 0.2) is 0 Å². The molecule has 1 atom stereocenters.